The second-order valence-electron chi connectivity index (χ2n) is 6.44. The van der Waals surface area contributed by atoms with E-state index in [4.69, 9.17) is 4.74 Å². The predicted octanol–water partition coefficient (Wildman–Crippen LogP) is 5.26. The number of alkyl halides is 2. The third kappa shape index (κ3) is 7.04. The summed E-state index contributed by atoms with van der Waals surface area (Å²) in [5, 5.41) is 0. The summed E-state index contributed by atoms with van der Waals surface area (Å²) in [5.41, 5.74) is 1.78. The second kappa shape index (κ2) is 11.4. The van der Waals surface area contributed by atoms with Gasteiger partial charge < -0.3 is 9.53 Å². The SMILES string of the molecule is CCCCCCc1ccnc(-c2ccc(OC(F)[C@H](F)CCC=O)cc2)n1. The minimum atomic E-state index is -2.10. The van der Waals surface area contributed by atoms with Crippen molar-refractivity contribution in [1.29, 1.82) is 0 Å². The molecule has 1 aromatic carbocycles. The number of aromatic nitrogens is 2. The Morgan fingerprint density at radius 1 is 1.11 bits per heavy atom. The summed E-state index contributed by atoms with van der Waals surface area (Å²) < 4.78 is 32.2. The van der Waals surface area contributed by atoms with Crippen LogP contribution in [-0.2, 0) is 11.2 Å². The van der Waals surface area contributed by atoms with Crippen molar-refractivity contribution in [2.45, 2.75) is 64.4 Å². The molecule has 1 aromatic heterocycles. The van der Waals surface area contributed by atoms with E-state index in [2.05, 4.69) is 16.9 Å². The fourth-order valence-electron chi connectivity index (χ4n) is 2.65. The normalized spacial score (nSPS) is 13.1. The molecule has 0 fully saturated rings. The molecule has 0 aliphatic rings. The topological polar surface area (TPSA) is 52.1 Å². The molecule has 2 aromatic rings. The van der Waals surface area contributed by atoms with Gasteiger partial charge in [-0.25, -0.2) is 14.4 Å². The molecule has 0 bridgehead atoms. The number of ether oxygens (including phenoxy) is 1. The highest BCUT2D eigenvalue weighted by molar-refractivity contribution is 5.56. The number of hydrogen-bond donors (Lipinski definition) is 0. The van der Waals surface area contributed by atoms with E-state index in [9.17, 15) is 13.6 Å². The van der Waals surface area contributed by atoms with Crippen LogP contribution in [0.3, 0.4) is 0 Å². The van der Waals surface area contributed by atoms with Crippen molar-refractivity contribution in [3.63, 3.8) is 0 Å². The van der Waals surface area contributed by atoms with Crippen LogP contribution < -0.4 is 4.74 Å². The number of aryl methyl sites for hydroxylation is 1. The Balaban J connectivity index is 1.95. The Morgan fingerprint density at radius 3 is 2.59 bits per heavy atom. The van der Waals surface area contributed by atoms with Crippen LogP contribution in [0.1, 0.15) is 51.1 Å². The van der Waals surface area contributed by atoms with Crippen molar-refractivity contribution in [3.8, 4) is 17.1 Å². The Kier molecular flexibility index (Phi) is 8.81. The second-order valence-corrected chi connectivity index (χ2v) is 6.44. The fourth-order valence-corrected chi connectivity index (χ4v) is 2.65. The van der Waals surface area contributed by atoms with Gasteiger partial charge >= 0.3 is 0 Å². The van der Waals surface area contributed by atoms with Crippen molar-refractivity contribution >= 4 is 6.29 Å². The standard InChI is InChI=1S/C21H26F2N2O2/c1-2-3-4-5-7-17-13-14-24-21(25-17)16-9-11-18(12-10-16)27-20(23)19(22)8-6-15-26/h9-15,19-20H,2-8H2,1H3/t19-,20?/m1/s1. The molecule has 4 nitrogen and oxygen atoms in total. The first kappa shape index (κ1) is 20.9. The molecule has 6 heteroatoms. The van der Waals surface area contributed by atoms with Crippen molar-refractivity contribution in [2.24, 2.45) is 0 Å². The molecule has 0 saturated carbocycles. The lowest BCUT2D eigenvalue weighted by Gasteiger charge is -2.15. The van der Waals surface area contributed by atoms with Gasteiger partial charge in [0.2, 0.25) is 0 Å². The third-order valence-electron chi connectivity index (χ3n) is 4.21. The maximum Gasteiger partial charge on any atom is 0.269 e. The first-order valence-corrected chi connectivity index (χ1v) is 9.44. The van der Waals surface area contributed by atoms with Crippen LogP contribution in [0.4, 0.5) is 8.78 Å². The number of hydrogen-bond acceptors (Lipinski definition) is 4. The summed E-state index contributed by atoms with van der Waals surface area (Å²) >= 11 is 0. The van der Waals surface area contributed by atoms with E-state index >= 15 is 0 Å². The zero-order valence-corrected chi connectivity index (χ0v) is 15.6. The van der Waals surface area contributed by atoms with Crippen molar-refractivity contribution in [1.82, 2.24) is 9.97 Å². The molecule has 0 N–H and O–H groups in total. The molecule has 27 heavy (non-hydrogen) atoms. The van der Waals surface area contributed by atoms with E-state index in [1.54, 1.807) is 30.5 Å². The van der Waals surface area contributed by atoms with Gasteiger partial charge in [0.25, 0.3) is 6.36 Å². The highest BCUT2D eigenvalue weighted by Crippen LogP contribution is 2.22. The summed E-state index contributed by atoms with van der Waals surface area (Å²) in [6.07, 6.45) is 3.77. The number of unbranched alkanes of at least 4 members (excludes halogenated alkanes) is 3. The lowest BCUT2D eigenvalue weighted by atomic mass is 10.1. The van der Waals surface area contributed by atoms with Gasteiger partial charge in [0.1, 0.15) is 12.0 Å². The van der Waals surface area contributed by atoms with Crippen LogP contribution in [0.25, 0.3) is 11.4 Å². The molecule has 0 amide bonds. The number of nitrogens with zero attached hydrogens (tertiary/aromatic N) is 2. The predicted molar refractivity (Wildman–Crippen MR) is 101 cm³/mol. The van der Waals surface area contributed by atoms with Crippen molar-refractivity contribution in [2.75, 3.05) is 0 Å². The van der Waals surface area contributed by atoms with Crippen LogP contribution in [0, 0.1) is 0 Å². The number of benzene rings is 1. The number of carbonyl (C=O) groups is 1. The largest absolute Gasteiger partial charge is 0.457 e. The molecule has 146 valence electrons. The Hall–Kier alpha value is -2.37. The first-order chi connectivity index (χ1) is 13.1. The van der Waals surface area contributed by atoms with E-state index in [0.29, 0.717) is 12.1 Å². The number of aldehydes is 1. The van der Waals surface area contributed by atoms with Crippen LogP contribution in [0.5, 0.6) is 5.75 Å². The van der Waals surface area contributed by atoms with E-state index in [1.165, 1.54) is 19.3 Å². The molecule has 0 aliphatic carbocycles. The van der Waals surface area contributed by atoms with E-state index in [0.717, 1.165) is 24.1 Å². The molecule has 0 radical (unpaired) electrons. The van der Waals surface area contributed by atoms with Gasteiger partial charge in [-0.1, -0.05) is 26.2 Å². The van der Waals surface area contributed by atoms with Gasteiger partial charge in [-0.15, -0.1) is 0 Å². The third-order valence-corrected chi connectivity index (χ3v) is 4.21. The van der Waals surface area contributed by atoms with Crippen LogP contribution in [0.15, 0.2) is 36.5 Å². The zero-order chi connectivity index (χ0) is 19.5. The molecule has 2 atom stereocenters. The molecule has 1 unspecified atom stereocenters. The molecule has 2 rings (SSSR count). The Morgan fingerprint density at radius 2 is 1.89 bits per heavy atom. The lowest BCUT2D eigenvalue weighted by Crippen LogP contribution is -2.23. The molecular formula is C21H26F2N2O2. The van der Waals surface area contributed by atoms with E-state index in [-0.39, 0.29) is 18.6 Å². The summed E-state index contributed by atoms with van der Waals surface area (Å²) in [6.45, 7) is 2.18. The van der Waals surface area contributed by atoms with Crippen LogP contribution in [-0.4, -0.2) is 28.8 Å². The molecule has 1 heterocycles. The van der Waals surface area contributed by atoms with Crippen molar-refractivity contribution in [3.05, 3.63) is 42.2 Å². The van der Waals surface area contributed by atoms with Gasteiger partial charge in [-0.05, 0) is 49.6 Å². The number of rotatable bonds is 12. The summed E-state index contributed by atoms with van der Waals surface area (Å²) in [7, 11) is 0. The first-order valence-electron chi connectivity index (χ1n) is 9.44. The maximum atomic E-state index is 13.7. The van der Waals surface area contributed by atoms with Crippen molar-refractivity contribution < 1.29 is 18.3 Å². The van der Waals surface area contributed by atoms with Gasteiger partial charge in [-0.3, -0.25) is 0 Å². The molecule has 0 saturated heterocycles. The lowest BCUT2D eigenvalue weighted by molar-refractivity contribution is -0.108. The Bertz CT molecular complexity index is 695. The Labute approximate surface area is 159 Å². The zero-order valence-electron chi connectivity index (χ0n) is 15.6. The average molecular weight is 376 g/mol. The maximum absolute atomic E-state index is 13.7. The average Bonchev–Trinajstić information content (AvgIpc) is 2.70. The minimum absolute atomic E-state index is 0.0317. The quantitative estimate of drug-likeness (QED) is 0.375. The highest BCUT2D eigenvalue weighted by Gasteiger charge is 2.21. The minimum Gasteiger partial charge on any atom is -0.457 e. The van der Waals surface area contributed by atoms with Crippen LogP contribution >= 0.6 is 0 Å². The van der Waals surface area contributed by atoms with E-state index in [1.807, 2.05) is 6.07 Å². The van der Waals surface area contributed by atoms with Gasteiger partial charge in [0.05, 0.1) is 0 Å². The van der Waals surface area contributed by atoms with Gasteiger partial charge in [0, 0.05) is 23.9 Å². The monoisotopic (exact) mass is 376 g/mol. The summed E-state index contributed by atoms with van der Waals surface area (Å²) in [6, 6.07) is 8.48. The molecular weight excluding hydrogens is 350 g/mol. The van der Waals surface area contributed by atoms with Gasteiger partial charge in [-0.2, -0.15) is 4.39 Å². The fraction of sp³-hybridized carbons (Fsp3) is 0.476. The summed E-state index contributed by atoms with van der Waals surface area (Å²) in [4.78, 5) is 19.1. The smallest absolute Gasteiger partial charge is 0.269 e. The molecule has 0 aliphatic heterocycles. The number of carbonyl (C=O) groups excluding carboxylic acids is 1. The summed E-state index contributed by atoms with van der Waals surface area (Å²) in [5.74, 6) is 0.816. The van der Waals surface area contributed by atoms with Crippen LogP contribution in [0.2, 0.25) is 0 Å². The van der Waals surface area contributed by atoms with E-state index < -0.39 is 12.5 Å². The molecule has 0 spiro atoms. The van der Waals surface area contributed by atoms with Gasteiger partial charge in [0.15, 0.2) is 12.0 Å². The number of halogens is 2. The highest BCUT2D eigenvalue weighted by atomic mass is 19.2.